The minimum atomic E-state index is -5.04. The summed E-state index contributed by atoms with van der Waals surface area (Å²) in [5.74, 6) is -0.180. The van der Waals surface area contributed by atoms with Crippen LogP contribution in [0.3, 0.4) is 0 Å². The Hall–Kier alpha value is -3.12. The van der Waals surface area contributed by atoms with E-state index in [0.717, 1.165) is 6.07 Å². The Bertz CT molecular complexity index is 1310. The molecule has 3 aromatic heterocycles. The predicted octanol–water partition coefficient (Wildman–Crippen LogP) is 7.22. The van der Waals surface area contributed by atoms with Crippen molar-refractivity contribution >= 4 is 34.4 Å². The van der Waals surface area contributed by atoms with E-state index in [1.54, 1.807) is 36.8 Å². The summed E-state index contributed by atoms with van der Waals surface area (Å²) >= 11 is 7.51. The second-order valence-electron chi connectivity index (χ2n) is 7.11. The van der Waals surface area contributed by atoms with Crippen molar-refractivity contribution in [3.8, 4) is 16.4 Å². The van der Waals surface area contributed by atoms with Crippen LogP contribution in [-0.2, 0) is 18.2 Å². The lowest BCUT2D eigenvalue weighted by molar-refractivity contribution is -0.142. The minimum Gasteiger partial charge on any atom is -0.339 e. The molecule has 5 nitrogen and oxygen atoms in total. The zero-order valence-electron chi connectivity index (χ0n) is 17.2. The zero-order chi connectivity index (χ0) is 24.7. The van der Waals surface area contributed by atoms with E-state index in [0.29, 0.717) is 33.7 Å². The van der Waals surface area contributed by atoms with Gasteiger partial charge in [-0.05, 0) is 37.3 Å². The van der Waals surface area contributed by atoms with Crippen LogP contribution in [0.15, 0.2) is 48.1 Å². The Kier molecular flexibility index (Phi) is 6.30. The highest BCUT2D eigenvalue weighted by atomic mass is 35.5. The van der Waals surface area contributed by atoms with E-state index in [-0.39, 0.29) is 17.8 Å². The van der Waals surface area contributed by atoms with E-state index >= 15 is 0 Å². The van der Waals surface area contributed by atoms with Crippen LogP contribution in [0.5, 0.6) is 0 Å². The van der Waals surface area contributed by atoms with Crippen molar-refractivity contribution in [2.45, 2.75) is 25.2 Å². The molecular weight excluding hydrogens is 504 g/mol. The van der Waals surface area contributed by atoms with Gasteiger partial charge in [0.15, 0.2) is 0 Å². The highest BCUT2D eigenvalue weighted by Gasteiger charge is 2.38. The topological polar surface area (TPSA) is 55.6 Å². The number of nitrogens with zero attached hydrogens (tertiary/aromatic N) is 4. The number of alkyl halides is 7. The number of halogens is 7. The number of benzene rings is 1. The van der Waals surface area contributed by atoms with Gasteiger partial charge in [0, 0.05) is 29.0 Å². The molecular formula is C21H14ClF6N5S. The number of hydrogen-bond acceptors (Lipinski definition) is 5. The van der Waals surface area contributed by atoms with Crippen molar-refractivity contribution in [3.05, 3.63) is 70.5 Å². The molecule has 0 saturated heterocycles. The first-order valence-electron chi connectivity index (χ1n) is 9.55. The van der Waals surface area contributed by atoms with E-state index < -0.39 is 29.2 Å². The standard InChI is InChI=1S/C21H14ClF6N5S/c1-11-8-17(33-6-4-16(32-33)19-29-5-7-34-19)13(10-22)18(30-11)31-15-3-2-12(20(23,24)25)9-14(15)21(26,27)28/h2-9H,10H2,1H3,(H,30,31). The molecule has 3 heterocycles. The molecule has 4 rings (SSSR count). The highest BCUT2D eigenvalue weighted by molar-refractivity contribution is 7.13. The van der Waals surface area contributed by atoms with Crippen molar-refractivity contribution in [1.29, 1.82) is 0 Å². The Morgan fingerprint density at radius 2 is 1.82 bits per heavy atom. The number of nitrogens with one attached hydrogen (secondary N) is 1. The molecule has 0 unspecified atom stereocenters. The van der Waals surface area contributed by atoms with Gasteiger partial charge in [0.2, 0.25) is 0 Å². The number of pyridine rings is 1. The van der Waals surface area contributed by atoms with Gasteiger partial charge in [-0.3, -0.25) is 0 Å². The van der Waals surface area contributed by atoms with Gasteiger partial charge in [-0.2, -0.15) is 31.4 Å². The lowest BCUT2D eigenvalue weighted by Gasteiger charge is -2.19. The number of aryl methyl sites for hydroxylation is 1. The Morgan fingerprint density at radius 1 is 1.06 bits per heavy atom. The van der Waals surface area contributed by atoms with Crippen molar-refractivity contribution < 1.29 is 26.3 Å². The second-order valence-corrected chi connectivity index (χ2v) is 8.27. The first kappa shape index (κ1) is 24.0. The molecule has 0 radical (unpaired) electrons. The average molecular weight is 518 g/mol. The molecule has 0 amide bonds. The van der Waals surface area contributed by atoms with Crippen molar-refractivity contribution in [2.75, 3.05) is 5.32 Å². The highest BCUT2D eigenvalue weighted by Crippen LogP contribution is 2.41. The lowest BCUT2D eigenvalue weighted by atomic mass is 10.1. The third-order valence-corrected chi connectivity index (χ3v) is 5.82. The maximum atomic E-state index is 13.6. The normalized spacial score (nSPS) is 12.2. The van der Waals surface area contributed by atoms with Gasteiger partial charge in [0.05, 0.1) is 28.4 Å². The van der Waals surface area contributed by atoms with Crippen LogP contribution < -0.4 is 5.32 Å². The van der Waals surface area contributed by atoms with E-state index in [2.05, 4.69) is 20.4 Å². The zero-order valence-corrected chi connectivity index (χ0v) is 18.7. The fourth-order valence-electron chi connectivity index (χ4n) is 3.24. The molecule has 0 spiro atoms. The van der Waals surface area contributed by atoms with Gasteiger partial charge in [-0.15, -0.1) is 22.9 Å². The Balaban J connectivity index is 1.79. The van der Waals surface area contributed by atoms with Gasteiger partial charge < -0.3 is 5.32 Å². The van der Waals surface area contributed by atoms with E-state index in [9.17, 15) is 26.3 Å². The molecule has 178 valence electrons. The minimum absolute atomic E-state index is 0.0263. The van der Waals surface area contributed by atoms with Crippen LogP contribution in [0.1, 0.15) is 22.4 Å². The largest absolute Gasteiger partial charge is 0.418 e. The van der Waals surface area contributed by atoms with Crippen LogP contribution >= 0.6 is 22.9 Å². The number of thiazole rings is 1. The van der Waals surface area contributed by atoms with Gasteiger partial charge in [-0.25, -0.2) is 14.6 Å². The number of aromatic nitrogens is 4. The molecule has 13 heteroatoms. The summed E-state index contributed by atoms with van der Waals surface area (Å²) in [6.45, 7) is 1.62. The smallest absolute Gasteiger partial charge is 0.339 e. The van der Waals surface area contributed by atoms with E-state index in [1.807, 2.05) is 0 Å². The third-order valence-electron chi connectivity index (χ3n) is 4.76. The molecule has 0 atom stereocenters. The molecule has 0 saturated carbocycles. The molecule has 4 aromatic rings. The van der Waals surface area contributed by atoms with Crippen LogP contribution in [0.4, 0.5) is 37.8 Å². The Labute approximate surface area is 198 Å². The van der Waals surface area contributed by atoms with E-state index in [4.69, 9.17) is 11.6 Å². The molecule has 34 heavy (non-hydrogen) atoms. The van der Waals surface area contributed by atoms with Gasteiger partial charge >= 0.3 is 12.4 Å². The summed E-state index contributed by atoms with van der Waals surface area (Å²) in [6, 6.07) is 4.73. The fraction of sp³-hybridized carbons (Fsp3) is 0.190. The Morgan fingerprint density at radius 3 is 2.44 bits per heavy atom. The van der Waals surface area contributed by atoms with Gasteiger partial charge in [0.25, 0.3) is 0 Å². The molecule has 0 fully saturated rings. The lowest BCUT2D eigenvalue weighted by Crippen LogP contribution is -2.14. The molecule has 1 N–H and O–H groups in total. The van der Waals surface area contributed by atoms with E-state index in [1.165, 1.54) is 16.0 Å². The van der Waals surface area contributed by atoms with Crippen LogP contribution in [-0.4, -0.2) is 19.7 Å². The number of rotatable bonds is 5. The summed E-state index contributed by atoms with van der Waals surface area (Å²) in [5.41, 5.74) is -1.69. The van der Waals surface area contributed by atoms with Crippen molar-refractivity contribution in [1.82, 2.24) is 19.7 Å². The fourth-order valence-corrected chi connectivity index (χ4v) is 4.10. The third kappa shape index (κ3) is 4.87. The summed E-state index contributed by atoms with van der Waals surface area (Å²) in [6.07, 6.45) is -6.69. The molecule has 0 aliphatic carbocycles. The molecule has 1 aromatic carbocycles. The predicted molar refractivity (Wildman–Crippen MR) is 116 cm³/mol. The first-order valence-corrected chi connectivity index (χ1v) is 11.0. The monoisotopic (exact) mass is 517 g/mol. The maximum Gasteiger partial charge on any atom is 0.418 e. The quantitative estimate of drug-likeness (QED) is 0.224. The van der Waals surface area contributed by atoms with Crippen LogP contribution in [0.2, 0.25) is 0 Å². The maximum absolute atomic E-state index is 13.6. The molecule has 0 bridgehead atoms. The molecule has 0 aliphatic heterocycles. The second kappa shape index (κ2) is 8.91. The van der Waals surface area contributed by atoms with Crippen molar-refractivity contribution in [2.24, 2.45) is 0 Å². The summed E-state index contributed by atoms with van der Waals surface area (Å²) < 4.78 is 81.3. The average Bonchev–Trinajstić information content (AvgIpc) is 3.44. The van der Waals surface area contributed by atoms with Crippen molar-refractivity contribution in [3.63, 3.8) is 0 Å². The summed E-state index contributed by atoms with van der Waals surface area (Å²) in [7, 11) is 0. The van der Waals surface area contributed by atoms with Crippen LogP contribution in [0.25, 0.3) is 16.4 Å². The molecule has 0 aliphatic rings. The summed E-state index contributed by atoms with van der Waals surface area (Å²) in [4.78, 5) is 8.43. The SMILES string of the molecule is Cc1cc(-n2ccc(-c3nccs3)n2)c(CCl)c(Nc2ccc(C(F)(F)F)cc2C(F)(F)F)n1. The van der Waals surface area contributed by atoms with Gasteiger partial charge in [-0.1, -0.05) is 0 Å². The number of anilines is 2. The van der Waals surface area contributed by atoms with Gasteiger partial charge in [0.1, 0.15) is 16.5 Å². The summed E-state index contributed by atoms with van der Waals surface area (Å²) in [5, 5.41) is 9.46. The number of hydrogen-bond donors (Lipinski definition) is 1. The van der Waals surface area contributed by atoms with Crippen LogP contribution in [0, 0.1) is 6.92 Å². The first-order chi connectivity index (χ1) is 16.0.